The van der Waals surface area contributed by atoms with E-state index in [9.17, 15) is 4.79 Å². The van der Waals surface area contributed by atoms with E-state index in [0.717, 1.165) is 27.2 Å². The summed E-state index contributed by atoms with van der Waals surface area (Å²) in [6, 6.07) is 7.36. The van der Waals surface area contributed by atoms with Gasteiger partial charge in [0.1, 0.15) is 9.38 Å². The number of hydrogen-bond donors (Lipinski definition) is 1. The summed E-state index contributed by atoms with van der Waals surface area (Å²) in [6.07, 6.45) is 0. The molecule has 1 aromatic carbocycles. The third kappa shape index (κ3) is 4.47. The maximum Gasteiger partial charge on any atom is 0.239 e. The molecule has 2 aromatic rings. The van der Waals surface area contributed by atoms with Crippen LogP contribution in [0.1, 0.15) is 6.92 Å². The Balaban J connectivity index is 1.61. The second kappa shape index (κ2) is 7.65. The smallest absolute Gasteiger partial charge is 0.239 e. The normalized spacial score (nSPS) is 15.3. The van der Waals surface area contributed by atoms with Crippen LogP contribution in [0.25, 0.3) is 10.6 Å². The molecule has 0 saturated heterocycles. The topological polar surface area (TPSA) is 67.2 Å². The van der Waals surface area contributed by atoms with Crippen molar-refractivity contribution in [2.24, 2.45) is 4.99 Å². The summed E-state index contributed by atoms with van der Waals surface area (Å²) in [5.41, 5.74) is 0.923. The Labute approximate surface area is 151 Å². The van der Waals surface area contributed by atoms with E-state index in [1.807, 2.05) is 19.1 Å². The van der Waals surface area contributed by atoms with Crippen LogP contribution in [0.5, 0.6) is 0 Å². The first-order valence-electron chi connectivity index (χ1n) is 6.86. The molecule has 23 heavy (non-hydrogen) atoms. The number of nitrogens with one attached hydrogen (secondary N) is 1. The molecular weight excluding hydrogens is 372 g/mol. The molecule has 0 radical (unpaired) electrons. The molecular formula is C14H13ClN4OS3. The number of aromatic nitrogens is 2. The van der Waals surface area contributed by atoms with E-state index in [1.54, 1.807) is 23.9 Å². The van der Waals surface area contributed by atoms with E-state index in [1.165, 1.54) is 23.1 Å². The molecule has 0 bridgehead atoms. The van der Waals surface area contributed by atoms with E-state index in [-0.39, 0.29) is 11.2 Å². The molecule has 120 valence electrons. The molecule has 0 fully saturated rings. The summed E-state index contributed by atoms with van der Waals surface area (Å²) in [5, 5.41) is 12.6. The van der Waals surface area contributed by atoms with Crippen molar-refractivity contribution in [1.82, 2.24) is 10.2 Å². The van der Waals surface area contributed by atoms with Crippen LogP contribution in [-0.4, -0.2) is 38.0 Å². The number of carbonyl (C=O) groups is 1. The first-order valence-corrected chi connectivity index (χ1v) is 9.92. The van der Waals surface area contributed by atoms with Gasteiger partial charge in [-0.25, -0.2) is 0 Å². The van der Waals surface area contributed by atoms with Crippen LogP contribution in [-0.2, 0) is 4.79 Å². The predicted molar refractivity (Wildman–Crippen MR) is 101 cm³/mol. The first kappa shape index (κ1) is 16.8. The van der Waals surface area contributed by atoms with Crippen LogP contribution in [0.3, 0.4) is 0 Å². The Kier molecular flexibility index (Phi) is 5.58. The van der Waals surface area contributed by atoms with E-state index in [2.05, 4.69) is 20.5 Å². The van der Waals surface area contributed by atoms with Crippen LogP contribution in [0, 0.1) is 0 Å². The van der Waals surface area contributed by atoms with Crippen molar-refractivity contribution >= 4 is 61.9 Å². The van der Waals surface area contributed by atoms with Crippen molar-refractivity contribution in [2.75, 3.05) is 17.6 Å². The minimum atomic E-state index is -0.220. The molecule has 1 aliphatic rings. The Bertz CT molecular complexity index is 732. The van der Waals surface area contributed by atoms with Crippen LogP contribution >= 0.6 is 46.5 Å². The first-order chi connectivity index (χ1) is 11.1. The summed E-state index contributed by atoms with van der Waals surface area (Å²) in [4.78, 5) is 16.6. The van der Waals surface area contributed by atoms with Gasteiger partial charge in [-0.05, 0) is 19.1 Å². The highest BCUT2D eigenvalue weighted by Gasteiger charge is 2.20. The molecule has 0 saturated carbocycles. The van der Waals surface area contributed by atoms with Gasteiger partial charge in [-0.1, -0.05) is 58.6 Å². The minimum absolute atomic E-state index is 0.0935. The number of amides is 1. The van der Waals surface area contributed by atoms with E-state index in [4.69, 9.17) is 11.6 Å². The molecule has 1 N–H and O–H groups in total. The van der Waals surface area contributed by atoms with Crippen molar-refractivity contribution < 1.29 is 4.79 Å². The lowest BCUT2D eigenvalue weighted by Gasteiger charge is -2.09. The Morgan fingerprint density at radius 3 is 2.83 bits per heavy atom. The van der Waals surface area contributed by atoms with E-state index in [0.29, 0.717) is 10.2 Å². The monoisotopic (exact) mass is 384 g/mol. The quantitative estimate of drug-likeness (QED) is 0.862. The summed E-state index contributed by atoms with van der Waals surface area (Å²) < 4.78 is 0.978. The zero-order valence-electron chi connectivity index (χ0n) is 12.2. The second-order valence-corrected chi connectivity index (χ2v) is 8.75. The molecule has 1 amide bonds. The lowest BCUT2D eigenvalue weighted by atomic mass is 10.2. The van der Waals surface area contributed by atoms with Crippen LogP contribution in [0.4, 0.5) is 5.13 Å². The van der Waals surface area contributed by atoms with Gasteiger partial charge in [0, 0.05) is 16.3 Å². The van der Waals surface area contributed by atoms with Crippen LogP contribution in [0.15, 0.2) is 29.3 Å². The third-order valence-electron chi connectivity index (χ3n) is 2.95. The fourth-order valence-electron chi connectivity index (χ4n) is 1.78. The fourth-order valence-corrected chi connectivity index (χ4v) is 4.79. The SMILES string of the molecule is C[C@@H](SC1=NCCS1)C(=O)Nc1nnc(-c2ccc(Cl)cc2)s1. The molecule has 5 nitrogen and oxygen atoms in total. The van der Waals surface area contributed by atoms with Gasteiger partial charge >= 0.3 is 0 Å². The van der Waals surface area contributed by atoms with Crippen molar-refractivity contribution in [3.05, 3.63) is 29.3 Å². The molecule has 1 atom stereocenters. The molecule has 1 aromatic heterocycles. The highest BCUT2D eigenvalue weighted by molar-refractivity contribution is 8.39. The van der Waals surface area contributed by atoms with Crippen molar-refractivity contribution in [1.29, 1.82) is 0 Å². The van der Waals surface area contributed by atoms with Gasteiger partial charge in [0.05, 0.1) is 11.8 Å². The minimum Gasteiger partial charge on any atom is -0.300 e. The van der Waals surface area contributed by atoms with Gasteiger partial charge in [0.15, 0.2) is 0 Å². The highest BCUT2D eigenvalue weighted by Crippen LogP contribution is 2.29. The van der Waals surface area contributed by atoms with Gasteiger partial charge in [0.25, 0.3) is 0 Å². The largest absolute Gasteiger partial charge is 0.300 e. The third-order valence-corrected chi connectivity index (χ3v) is 6.39. The van der Waals surface area contributed by atoms with Gasteiger partial charge in [-0.3, -0.25) is 15.1 Å². The summed E-state index contributed by atoms with van der Waals surface area (Å²) in [6.45, 7) is 2.70. The van der Waals surface area contributed by atoms with Crippen molar-refractivity contribution in [2.45, 2.75) is 12.2 Å². The Morgan fingerprint density at radius 2 is 2.13 bits per heavy atom. The number of carbonyl (C=O) groups excluding carboxylic acids is 1. The Hall–Kier alpha value is -1.09. The number of benzene rings is 1. The molecule has 0 aliphatic carbocycles. The zero-order valence-corrected chi connectivity index (χ0v) is 15.4. The fraction of sp³-hybridized carbons (Fsp3) is 0.286. The van der Waals surface area contributed by atoms with Gasteiger partial charge in [-0.2, -0.15) is 0 Å². The van der Waals surface area contributed by atoms with E-state index < -0.39 is 0 Å². The zero-order chi connectivity index (χ0) is 16.2. The number of hydrogen-bond acceptors (Lipinski definition) is 7. The Morgan fingerprint density at radius 1 is 1.35 bits per heavy atom. The van der Waals surface area contributed by atoms with Gasteiger partial charge in [-0.15, -0.1) is 10.2 Å². The predicted octanol–water partition coefficient (Wildman–Crippen LogP) is 4.02. The number of nitrogens with zero attached hydrogens (tertiary/aromatic N) is 3. The molecule has 0 spiro atoms. The average molecular weight is 385 g/mol. The lowest BCUT2D eigenvalue weighted by Crippen LogP contribution is -2.23. The lowest BCUT2D eigenvalue weighted by molar-refractivity contribution is -0.115. The van der Waals surface area contributed by atoms with E-state index >= 15 is 0 Å². The number of halogens is 1. The van der Waals surface area contributed by atoms with Gasteiger partial charge < -0.3 is 0 Å². The number of rotatable bonds is 4. The van der Waals surface area contributed by atoms with Crippen LogP contribution < -0.4 is 5.32 Å². The number of aliphatic imine (C=N–C) groups is 1. The second-order valence-electron chi connectivity index (χ2n) is 4.66. The molecule has 1 aliphatic heterocycles. The molecule has 0 unspecified atom stereocenters. The van der Waals surface area contributed by atoms with Crippen molar-refractivity contribution in [3.63, 3.8) is 0 Å². The number of thioether (sulfide) groups is 2. The van der Waals surface area contributed by atoms with Crippen molar-refractivity contribution in [3.8, 4) is 10.6 Å². The molecule has 2 heterocycles. The molecule has 3 rings (SSSR count). The summed E-state index contributed by atoms with van der Waals surface area (Å²) in [5.74, 6) is 0.904. The van der Waals surface area contributed by atoms with Gasteiger partial charge in [0.2, 0.25) is 11.0 Å². The maximum absolute atomic E-state index is 12.2. The summed E-state index contributed by atoms with van der Waals surface area (Å²) in [7, 11) is 0. The molecule has 9 heteroatoms. The standard InChI is InChI=1S/C14H13ClN4OS3/c1-8(22-14-16-6-7-21-14)11(20)17-13-19-18-12(23-13)9-2-4-10(15)5-3-9/h2-5,8H,6-7H2,1H3,(H,17,19,20)/t8-/m1/s1. The average Bonchev–Trinajstić information content (AvgIpc) is 3.20. The number of anilines is 1. The van der Waals surface area contributed by atoms with Crippen LogP contribution in [0.2, 0.25) is 5.02 Å². The maximum atomic E-state index is 12.2. The highest BCUT2D eigenvalue weighted by atomic mass is 35.5. The summed E-state index contributed by atoms with van der Waals surface area (Å²) >= 11 is 10.4.